The number of aromatic nitrogens is 1. The van der Waals surface area contributed by atoms with Gasteiger partial charge in [-0.25, -0.2) is 0 Å². The molecule has 3 heteroatoms. The summed E-state index contributed by atoms with van der Waals surface area (Å²) < 4.78 is 3.61. The van der Waals surface area contributed by atoms with E-state index in [1.807, 2.05) is 6.21 Å². The number of halogens is 1. The van der Waals surface area contributed by atoms with E-state index in [0.717, 1.165) is 17.8 Å². The van der Waals surface area contributed by atoms with Crippen LogP contribution in [0.5, 0.6) is 0 Å². The highest BCUT2D eigenvalue weighted by Gasteiger charge is 2.09. The van der Waals surface area contributed by atoms with Gasteiger partial charge < -0.3 is 4.57 Å². The Bertz CT molecular complexity index is 1110. The maximum absolute atomic E-state index is 4.66. The summed E-state index contributed by atoms with van der Waals surface area (Å²) in [6, 6.07) is 21.5. The highest BCUT2D eigenvalue weighted by molar-refractivity contribution is 14.1. The van der Waals surface area contributed by atoms with Crippen LogP contribution in [0.1, 0.15) is 18.1 Å². The van der Waals surface area contributed by atoms with E-state index < -0.39 is 0 Å². The van der Waals surface area contributed by atoms with Crippen LogP contribution in [0.15, 0.2) is 65.7 Å². The largest absolute Gasteiger partial charge is 0.341 e. The van der Waals surface area contributed by atoms with E-state index >= 15 is 0 Å². The molecule has 0 N–H and O–H groups in total. The van der Waals surface area contributed by atoms with Crippen molar-refractivity contribution in [1.82, 2.24) is 4.57 Å². The molecule has 0 amide bonds. The lowest BCUT2D eigenvalue weighted by Gasteiger charge is -2.03. The van der Waals surface area contributed by atoms with Crippen molar-refractivity contribution in [1.29, 1.82) is 0 Å². The first kappa shape index (κ1) is 16.3. The van der Waals surface area contributed by atoms with Gasteiger partial charge in [0.1, 0.15) is 0 Å². The van der Waals surface area contributed by atoms with Gasteiger partial charge in [-0.05, 0) is 77.9 Å². The van der Waals surface area contributed by atoms with Crippen molar-refractivity contribution in [2.75, 3.05) is 0 Å². The molecule has 0 radical (unpaired) electrons. The molecule has 0 saturated carbocycles. The van der Waals surface area contributed by atoms with Gasteiger partial charge in [0.2, 0.25) is 0 Å². The minimum Gasteiger partial charge on any atom is -0.341 e. The molecule has 1 aromatic heterocycles. The molecule has 1 heterocycles. The zero-order chi connectivity index (χ0) is 17.4. The predicted octanol–water partition coefficient (Wildman–Crippen LogP) is 6.48. The summed E-state index contributed by atoms with van der Waals surface area (Å²) in [4.78, 5) is 4.66. The first-order valence-electron chi connectivity index (χ1n) is 8.48. The minimum absolute atomic E-state index is 0.971. The van der Waals surface area contributed by atoms with E-state index in [9.17, 15) is 0 Å². The number of hydrogen-bond acceptors (Lipinski definition) is 1. The number of fused-ring (bicyclic) bond motifs is 3. The number of nitrogens with zero attached hydrogens (tertiary/aromatic N) is 2. The fourth-order valence-corrected chi connectivity index (χ4v) is 3.80. The fraction of sp³-hybridized carbons (Fsp3) is 0.136. The third-order valence-corrected chi connectivity index (χ3v) is 5.79. The van der Waals surface area contributed by atoms with Crippen LogP contribution in [-0.4, -0.2) is 10.8 Å². The molecule has 3 aromatic carbocycles. The van der Waals surface area contributed by atoms with Crippen molar-refractivity contribution in [3.63, 3.8) is 0 Å². The van der Waals surface area contributed by atoms with Crippen LogP contribution in [-0.2, 0) is 6.54 Å². The summed E-state index contributed by atoms with van der Waals surface area (Å²) in [6.07, 6.45) is 1.96. The van der Waals surface area contributed by atoms with E-state index in [4.69, 9.17) is 0 Å². The molecular formula is C22H19IN2. The normalized spacial score (nSPS) is 11.8. The number of rotatable bonds is 3. The van der Waals surface area contributed by atoms with Crippen LogP contribution in [0.25, 0.3) is 21.8 Å². The maximum Gasteiger partial charge on any atom is 0.0640 e. The molecule has 0 spiro atoms. The number of para-hydroxylation sites is 1. The van der Waals surface area contributed by atoms with E-state index in [0.29, 0.717) is 0 Å². The topological polar surface area (TPSA) is 17.3 Å². The SMILES string of the molecule is CCn1c2ccccc2c2cc(C=Nc3ccc(C)c(I)c3)ccc21. The Morgan fingerprint density at radius 2 is 1.76 bits per heavy atom. The van der Waals surface area contributed by atoms with E-state index in [1.165, 1.54) is 30.9 Å². The molecule has 4 aromatic rings. The van der Waals surface area contributed by atoms with Gasteiger partial charge in [-0.15, -0.1) is 0 Å². The van der Waals surface area contributed by atoms with Crippen LogP contribution in [0.4, 0.5) is 5.69 Å². The highest BCUT2D eigenvalue weighted by Crippen LogP contribution is 2.29. The lowest BCUT2D eigenvalue weighted by Crippen LogP contribution is -1.92. The molecule has 0 fully saturated rings. The van der Waals surface area contributed by atoms with Crippen molar-refractivity contribution in [3.8, 4) is 0 Å². The Kier molecular flexibility index (Phi) is 4.34. The Hall–Kier alpha value is -2.14. The van der Waals surface area contributed by atoms with Crippen LogP contribution in [0, 0.1) is 10.5 Å². The summed E-state index contributed by atoms with van der Waals surface area (Å²) in [7, 11) is 0. The van der Waals surface area contributed by atoms with Gasteiger partial charge in [-0.1, -0.05) is 30.3 Å². The Morgan fingerprint density at radius 1 is 0.960 bits per heavy atom. The summed E-state index contributed by atoms with van der Waals surface area (Å²) >= 11 is 2.36. The quantitative estimate of drug-likeness (QED) is 0.257. The second kappa shape index (κ2) is 6.64. The van der Waals surface area contributed by atoms with Gasteiger partial charge in [0.25, 0.3) is 0 Å². The molecule has 4 rings (SSSR count). The monoisotopic (exact) mass is 438 g/mol. The van der Waals surface area contributed by atoms with Crippen molar-refractivity contribution < 1.29 is 0 Å². The van der Waals surface area contributed by atoms with Gasteiger partial charge in [-0.3, -0.25) is 4.99 Å². The molecule has 0 aliphatic carbocycles. The number of aryl methyl sites for hydroxylation is 2. The Balaban J connectivity index is 1.79. The Labute approximate surface area is 161 Å². The van der Waals surface area contributed by atoms with E-state index in [1.54, 1.807) is 0 Å². The first-order valence-corrected chi connectivity index (χ1v) is 9.56. The second-order valence-corrected chi connectivity index (χ2v) is 7.39. The lowest BCUT2D eigenvalue weighted by atomic mass is 10.1. The molecule has 0 aliphatic heterocycles. The average molecular weight is 438 g/mol. The molecule has 0 bridgehead atoms. The first-order chi connectivity index (χ1) is 12.2. The zero-order valence-electron chi connectivity index (χ0n) is 14.3. The third-order valence-electron chi connectivity index (χ3n) is 4.63. The summed E-state index contributed by atoms with van der Waals surface area (Å²) in [6.45, 7) is 5.28. The number of benzene rings is 3. The smallest absolute Gasteiger partial charge is 0.0640 e. The minimum atomic E-state index is 0.971. The average Bonchev–Trinajstić information content (AvgIpc) is 2.96. The second-order valence-electron chi connectivity index (χ2n) is 6.23. The molecule has 124 valence electrons. The molecule has 25 heavy (non-hydrogen) atoms. The van der Waals surface area contributed by atoms with Crippen molar-refractivity contribution in [2.45, 2.75) is 20.4 Å². The van der Waals surface area contributed by atoms with Crippen LogP contribution in [0.3, 0.4) is 0 Å². The number of hydrogen-bond donors (Lipinski definition) is 0. The molecular weight excluding hydrogens is 419 g/mol. The molecule has 0 unspecified atom stereocenters. The summed E-state index contributed by atoms with van der Waals surface area (Å²) in [5, 5.41) is 2.60. The molecule has 2 nitrogen and oxygen atoms in total. The standard InChI is InChI=1S/C22H19IN2/c1-3-25-21-7-5-4-6-18(21)19-12-16(9-11-22(19)25)14-24-17-10-8-15(2)20(23)13-17/h4-14H,3H2,1-2H3. The van der Waals surface area contributed by atoms with Gasteiger partial charge in [0.15, 0.2) is 0 Å². The highest BCUT2D eigenvalue weighted by atomic mass is 127. The summed E-state index contributed by atoms with van der Waals surface area (Å²) in [5.74, 6) is 0. The lowest BCUT2D eigenvalue weighted by molar-refractivity contribution is 0.827. The Morgan fingerprint density at radius 3 is 2.56 bits per heavy atom. The van der Waals surface area contributed by atoms with Crippen molar-refractivity contribution in [2.24, 2.45) is 4.99 Å². The van der Waals surface area contributed by atoms with Gasteiger partial charge in [-0.2, -0.15) is 0 Å². The van der Waals surface area contributed by atoms with Gasteiger partial charge in [0, 0.05) is 38.1 Å². The fourth-order valence-electron chi connectivity index (χ4n) is 3.30. The number of aliphatic imine (C=N–C) groups is 1. The predicted molar refractivity (Wildman–Crippen MR) is 116 cm³/mol. The zero-order valence-corrected chi connectivity index (χ0v) is 16.5. The van der Waals surface area contributed by atoms with Gasteiger partial charge >= 0.3 is 0 Å². The van der Waals surface area contributed by atoms with Gasteiger partial charge in [0.05, 0.1) is 5.69 Å². The molecule has 0 saturated heterocycles. The molecule has 0 atom stereocenters. The third kappa shape index (κ3) is 2.97. The maximum atomic E-state index is 4.66. The van der Waals surface area contributed by atoms with E-state index in [2.05, 4.69) is 107 Å². The van der Waals surface area contributed by atoms with Crippen molar-refractivity contribution >= 4 is 56.3 Å². The van der Waals surface area contributed by atoms with Crippen LogP contribution >= 0.6 is 22.6 Å². The van der Waals surface area contributed by atoms with Crippen LogP contribution in [0.2, 0.25) is 0 Å². The molecule has 0 aliphatic rings. The van der Waals surface area contributed by atoms with E-state index in [-0.39, 0.29) is 0 Å². The summed E-state index contributed by atoms with van der Waals surface area (Å²) in [5.41, 5.74) is 5.98. The van der Waals surface area contributed by atoms with Crippen LogP contribution < -0.4 is 0 Å². The van der Waals surface area contributed by atoms with Crippen molar-refractivity contribution in [3.05, 3.63) is 75.4 Å².